The summed E-state index contributed by atoms with van der Waals surface area (Å²) in [5.74, 6) is 0.555. The van der Waals surface area contributed by atoms with Crippen LogP contribution in [0.1, 0.15) is 35.7 Å². The molecule has 16 heavy (non-hydrogen) atoms. The molecule has 82 valence electrons. The molecule has 1 aliphatic carbocycles. The molecule has 0 spiro atoms. The standard InChI is InChI=1S/C13H14N2O/c1-9(11-5-6-11)15-13(16)12-4-2-3-10(7-12)8-14/h2-4,7,9,11H,5-6H2,1H3,(H,15,16)/t9-/m1/s1. The minimum absolute atomic E-state index is 0.0866. The summed E-state index contributed by atoms with van der Waals surface area (Å²) in [6, 6.07) is 9.04. The molecular formula is C13H14N2O. The Labute approximate surface area is 95.1 Å². The zero-order chi connectivity index (χ0) is 11.5. The van der Waals surface area contributed by atoms with Crippen molar-refractivity contribution in [1.82, 2.24) is 5.32 Å². The number of nitriles is 1. The Kier molecular flexibility index (Phi) is 2.91. The molecule has 1 saturated carbocycles. The van der Waals surface area contributed by atoms with E-state index in [1.807, 2.05) is 13.0 Å². The lowest BCUT2D eigenvalue weighted by molar-refractivity contribution is 0.0936. The summed E-state index contributed by atoms with van der Waals surface area (Å²) in [5, 5.41) is 11.7. The summed E-state index contributed by atoms with van der Waals surface area (Å²) >= 11 is 0. The third-order valence-corrected chi connectivity index (χ3v) is 2.94. The molecule has 0 saturated heterocycles. The molecule has 1 amide bonds. The topological polar surface area (TPSA) is 52.9 Å². The molecule has 1 aliphatic rings. The van der Waals surface area contributed by atoms with Gasteiger partial charge in [-0.2, -0.15) is 5.26 Å². The zero-order valence-electron chi connectivity index (χ0n) is 9.23. The van der Waals surface area contributed by atoms with Gasteiger partial charge in [-0.25, -0.2) is 0 Å². The van der Waals surface area contributed by atoms with Crippen LogP contribution in [0, 0.1) is 17.2 Å². The fourth-order valence-electron chi connectivity index (χ4n) is 1.73. The van der Waals surface area contributed by atoms with Gasteiger partial charge in [0.2, 0.25) is 0 Å². The third kappa shape index (κ3) is 2.40. The monoisotopic (exact) mass is 214 g/mol. The number of carbonyl (C=O) groups excluding carboxylic acids is 1. The van der Waals surface area contributed by atoms with E-state index in [4.69, 9.17) is 5.26 Å². The fraction of sp³-hybridized carbons (Fsp3) is 0.385. The number of hydrogen-bond donors (Lipinski definition) is 1. The van der Waals surface area contributed by atoms with Crippen LogP contribution in [0.3, 0.4) is 0 Å². The second-order valence-electron chi connectivity index (χ2n) is 4.29. The third-order valence-electron chi connectivity index (χ3n) is 2.94. The van der Waals surface area contributed by atoms with Gasteiger partial charge in [-0.1, -0.05) is 6.07 Å². The SMILES string of the molecule is C[C@@H](NC(=O)c1cccc(C#N)c1)C1CC1. The summed E-state index contributed by atoms with van der Waals surface area (Å²) in [6.45, 7) is 2.03. The van der Waals surface area contributed by atoms with Crippen LogP contribution in [0.2, 0.25) is 0 Å². The molecule has 0 aliphatic heterocycles. The van der Waals surface area contributed by atoms with Crippen LogP contribution in [-0.2, 0) is 0 Å². The Bertz CT molecular complexity index is 443. The number of hydrogen-bond acceptors (Lipinski definition) is 2. The van der Waals surface area contributed by atoms with Crippen molar-refractivity contribution in [2.24, 2.45) is 5.92 Å². The number of benzene rings is 1. The largest absolute Gasteiger partial charge is 0.349 e. The van der Waals surface area contributed by atoms with Gasteiger partial charge in [0.25, 0.3) is 5.91 Å². The molecule has 1 aromatic rings. The summed E-state index contributed by atoms with van der Waals surface area (Å²) in [7, 11) is 0. The van der Waals surface area contributed by atoms with Crippen molar-refractivity contribution in [2.75, 3.05) is 0 Å². The van der Waals surface area contributed by atoms with E-state index in [0.717, 1.165) is 0 Å². The Balaban J connectivity index is 2.05. The molecule has 1 fully saturated rings. The normalized spacial score (nSPS) is 16.2. The van der Waals surface area contributed by atoms with Gasteiger partial charge in [-0.3, -0.25) is 4.79 Å². The minimum Gasteiger partial charge on any atom is -0.349 e. The van der Waals surface area contributed by atoms with Crippen molar-refractivity contribution in [2.45, 2.75) is 25.8 Å². The maximum Gasteiger partial charge on any atom is 0.251 e. The first-order valence-corrected chi connectivity index (χ1v) is 5.51. The molecule has 0 bridgehead atoms. The lowest BCUT2D eigenvalue weighted by Crippen LogP contribution is -2.33. The van der Waals surface area contributed by atoms with Crippen molar-refractivity contribution in [1.29, 1.82) is 5.26 Å². The predicted molar refractivity (Wildman–Crippen MR) is 60.8 cm³/mol. The molecule has 1 aromatic carbocycles. The zero-order valence-corrected chi connectivity index (χ0v) is 9.23. The van der Waals surface area contributed by atoms with Gasteiger partial charge >= 0.3 is 0 Å². The number of carbonyl (C=O) groups is 1. The number of amides is 1. The Hall–Kier alpha value is -1.82. The number of rotatable bonds is 3. The molecule has 3 heteroatoms. The smallest absolute Gasteiger partial charge is 0.251 e. The van der Waals surface area contributed by atoms with Crippen LogP contribution in [0.25, 0.3) is 0 Å². The first-order chi connectivity index (χ1) is 7.70. The molecule has 2 rings (SSSR count). The van der Waals surface area contributed by atoms with Gasteiger partial charge in [0.05, 0.1) is 11.6 Å². The van der Waals surface area contributed by atoms with E-state index in [1.165, 1.54) is 12.8 Å². The number of nitrogens with zero attached hydrogens (tertiary/aromatic N) is 1. The summed E-state index contributed by atoms with van der Waals surface area (Å²) in [4.78, 5) is 11.8. The van der Waals surface area contributed by atoms with E-state index < -0.39 is 0 Å². The highest BCUT2D eigenvalue weighted by molar-refractivity contribution is 5.94. The van der Waals surface area contributed by atoms with Gasteiger partial charge in [0.15, 0.2) is 0 Å². The van der Waals surface area contributed by atoms with E-state index in [0.29, 0.717) is 17.0 Å². The first-order valence-electron chi connectivity index (χ1n) is 5.51. The van der Waals surface area contributed by atoms with Crippen molar-refractivity contribution >= 4 is 5.91 Å². The van der Waals surface area contributed by atoms with Gasteiger partial charge in [-0.05, 0) is 43.9 Å². The summed E-state index contributed by atoms with van der Waals surface area (Å²) in [5.41, 5.74) is 1.08. The van der Waals surface area contributed by atoms with Crippen LogP contribution in [0.4, 0.5) is 0 Å². The highest BCUT2D eigenvalue weighted by Gasteiger charge is 2.28. The highest BCUT2D eigenvalue weighted by atomic mass is 16.1. The number of nitrogens with one attached hydrogen (secondary N) is 1. The summed E-state index contributed by atoms with van der Waals surface area (Å²) < 4.78 is 0. The predicted octanol–water partition coefficient (Wildman–Crippen LogP) is 2.09. The summed E-state index contributed by atoms with van der Waals surface area (Å²) in [6.07, 6.45) is 2.42. The Morgan fingerprint density at radius 3 is 2.94 bits per heavy atom. The van der Waals surface area contributed by atoms with Crippen LogP contribution in [-0.4, -0.2) is 11.9 Å². The molecule has 0 unspecified atom stereocenters. The van der Waals surface area contributed by atoms with E-state index in [1.54, 1.807) is 24.3 Å². The second kappa shape index (κ2) is 4.36. The lowest BCUT2D eigenvalue weighted by atomic mass is 10.1. The van der Waals surface area contributed by atoms with E-state index in [2.05, 4.69) is 5.32 Å². The fourth-order valence-corrected chi connectivity index (χ4v) is 1.73. The Morgan fingerprint density at radius 1 is 1.56 bits per heavy atom. The molecular weight excluding hydrogens is 200 g/mol. The van der Waals surface area contributed by atoms with Gasteiger partial charge in [0, 0.05) is 11.6 Å². The van der Waals surface area contributed by atoms with Crippen molar-refractivity contribution in [3.63, 3.8) is 0 Å². The maximum atomic E-state index is 11.8. The van der Waals surface area contributed by atoms with Crippen LogP contribution in [0.15, 0.2) is 24.3 Å². The molecule has 1 atom stereocenters. The van der Waals surface area contributed by atoms with Crippen LogP contribution < -0.4 is 5.32 Å². The van der Waals surface area contributed by atoms with Crippen LogP contribution in [0.5, 0.6) is 0 Å². The van der Waals surface area contributed by atoms with Crippen molar-refractivity contribution in [3.8, 4) is 6.07 Å². The minimum atomic E-state index is -0.0866. The maximum absolute atomic E-state index is 11.8. The van der Waals surface area contributed by atoms with Crippen LogP contribution >= 0.6 is 0 Å². The highest BCUT2D eigenvalue weighted by Crippen LogP contribution is 2.32. The molecule has 1 N–H and O–H groups in total. The molecule has 0 aromatic heterocycles. The Morgan fingerprint density at radius 2 is 2.31 bits per heavy atom. The van der Waals surface area contributed by atoms with Crippen molar-refractivity contribution in [3.05, 3.63) is 35.4 Å². The average Bonchev–Trinajstić information content (AvgIpc) is 3.13. The molecule has 3 nitrogen and oxygen atoms in total. The lowest BCUT2D eigenvalue weighted by Gasteiger charge is -2.12. The van der Waals surface area contributed by atoms with Gasteiger partial charge < -0.3 is 5.32 Å². The van der Waals surface area contributed by atoms with Gasteiger partial charge in [0.1, 0.15) is 0 Å². The first kappa shape index (κ1) is 10.7. The second-order valence-corrected chi connectivity index (χ2v) is 4.29. The van der Waals surface area contributed by atoms with Crippen molar-refractivity contribution < 1.29 is 4.79 Å². The van der Waals surface area contributed by atoms with Gasteiger partial charge in [-0.15, -0.1) is 0 Å². The average molecular weight is 214 g/mol. The van der Waals surface area contributed by atoms with E-state index in [9.17, 15) is 4.79 Å². The quantitative estimate of drug-likeness (QED) is 0.837. The molecule has 0 heterocycles. The molecule has 0 radical (unpaired) electrons. The van der Waals surface area contributed by atoms with E-state index >= 15 is 0 Å². The van der Waals surface area contributed by atoms with E-state index in [-0.39, 0.29) is 11.9 Å².